The summed E-state index contributed by atoms with van der Waals surface area (Å²) >= 11 is 0. The van der Waals surface area contributed by atoms with Gasteiger partial charge in [0.25, 0.3) is 0 Å². The Bertz CT molecular complexity index is 246. The number of hydrogen-bond acceptors (Lipinski definition) is 3. The van der Waals surface area contributed by atoms with Crippen LogP contribution >= 0.6 is 0 Å². The van der Waals surface area contributed by atoms with Crippen molar-refractivity contribution in [2.45, 2.75) is 25.7 Å². The summed E-state index contributed by atoms with van der Waals surface area (Å²) in [4.78, 5) is 15.2. The van der Waals surface area contributed by atoms with Crippen molar-refractivity contribution in [3.8, 4) is 0 Å². The molecular formula is C10H17N3O. The normalized spacial score (nSPS) is 14.2. The van der Waals surface area contributed by atoms with Crippen LogP contribution in [-0.2, 0) is 4.79 Å². The smallest absolute Gasteiger partial charge is 0.220 e. The Kier molecular flexibility index (Phi) is 4.93. The van der Waals surface area contributed by atoms with E-state index < -0.39 is 0 Å². The molecule has 1 heterocycles. The van der Waals surface area contributed by atoms with Gasteiger partial charge in [-0.3, -0.25) is 9.79 Å². The second kappa shape index (κ2) is 6.32. The van der Waals surface area contributed by atoms with E-state index in [1.165, 1.54) is 5.57 Å². The molecule has 0 aromatic heterocycles. The summed E-state index contributed by atoms with van der Waals surface area (Å²) < 4.78 is 0. The summed E-state index contributed by atoms with van der Waals surface area (Å²) in [7, 11) is 0. The Hall–Kier alpha value is -1.16. The van der Waals surface area contributed by atoms with Crippen molar-refractivity contribution in [1.82, 2.24) is 5.32 Å². The Labute approximate surface area is 84.3 Å². The van der Waals surface area contributed by atoms with Gasteiger partial charge in [0, 0.05) is 31.8 Å². The lowest BCUT2D eigenvalue weighted by Crippen LogP contribution is -2.25. The first kappa shape index (κ1) is 10.9. The molecule has 14 heavy (non-hydrogen) atoms. The van der Waals surface area contributed by atoms with Gasteiger partial charge in [0.1, 0.15) is 0 Å². The summed E-state index contributed by atoms with van der Waals surface area (Å²) in [6.45, 7) is 1.28. The Morgan fingerprint density at radius 1 is 1.64 bits per heavy atom. The summed E-state index contributed by atoms with van der Waals surface area (Å²) in [5, 5.41) is 2.85. The third-order valence-electron chi connectivity index (χ3n) is 2.09. The fourth-order valence-electron chi connectivity index (χ4n) is 1.26. The van der Waals surface area contributed by atoms with E-state index in [2.05, 4.69) is 10.3 Å². The second-order valence-electron chi connectivity index (χ2n) is 3.32. The van der Waals surface area contributed by atoms with Crippen LogP contribution in [0.4, 0.5) is 0 Å². The van der Waals surface area contributed by atoms with Crippen molar-refractivity contribution in [3.63, 3.8) is 0 Å². The molecule has 0 aliphatic carbocycles. The molecule has 0 aromatic rings. The van der Waals surface area contributed by atoms with E-state index in [1.807, 2.05) is 12.4 Å². The van der Waals surface area contributed by atoms with Crippen LogP contribution in [0.5, 0.6) is 0 Å². The number of aliphatic imine (C=N–C) groups is 1. The van der Waals surface area contributed by atoms with E-state index in [0.29, 0.717) is 19.5 Å². The molecule has 0 aromatic carbocycles. The molecule has 78 valence electrons. The summed E-state index contributed by atoms with van der Waals surface area (Å²) in [6, 6.07) is 0. The maximum Gasteiger partial charge on any atom is 0.220 e. The summed E-state index contributed by atoms with van der Waals surface area (Å²) in [6.07, 6.45) is 6.87. The van der Waals surface area contributed by atoms with Crippen LogP contribution < -0.4 is 11.1 Å². The minimum atomic E-state index is 0.0926. The van der Waals surface area contributed by atoms with Gasteiger partial charge in [-0.15, -0.1) is 0 Å². The number of nitrogens with two attached hydrogens (primary N) is 1. The van der Waals surface area contributed by atoms with E-state index in [4.69, 9.17) is 5.73 Å². The van der Waals surface area contributed by atoms with Gasteiger partial charge < -0.3 is 11.1 Å². The molecular weight excluding hydrogens is 178 g/mol. The molecule has 0 radical (unpaired) electrons. The predicted molar refractivity (Wildman–Crippen MR) is 57.1 cm³/mol. The van der Waals surface area contributed by atoms with Crippen molar-refractivity contribution in [2.24, 2.45) is 10.7 Å². The first-order chi connectivity index (χ1) is 6.83. The summed E-state index contributed by atoms with van der Waals surface area (Å²) in [5.41, 5.74) is 6.58. The Morgan fingerprint density at radius 3 is 3.14 bits per heavy atom. The van der Waals surface area contributed by atoms with Crippen LogP contribution in [0.3, 0.4) is 0 Å². The molecule has 0 atom stereocenters. The maximum absolute atomic E-state index is 11.2. The molecule has 0 saturated heterocycles. The average molecular weight is 195 g/mol. The van der Waals surface area contributed by atoms with Crippen LogP contribution in [-0.4, -0.2) is 25.2 Å². The molecule has 1 aliphatic rings. The molecule has 0 saturated carbocycles. The largest absolute Gasteiger partial charge is 0.356 e. The number of hydrogen-bond donors (Lipinski definition) is 2. The average Bonchev–Trinajstić information content (AvgIpc) is 2.67. The number of amides is 1. The monoisotopic (exact) mass is 195 g/mol. The van der Waals surface area contributed by atoms with Crippen LogP contribution in [0.1, 0.15) is 25.7 Å². The fourth-order valence-corrected chi connectivity index (χ4v) is 1.26. The SMILES string of the molecule is NCCCC(=O)NCCC1=CN=CC1. The van der Waals surface area contributed by atoms with Gasteiger partial charge in [-0.25, -0.2) is 0 Å². The molecule has 0 bridgehead atoms. The van der Waals surface area contributed by atoms with Crippen LogP contribution in [0.2, 0.25) is 0 Å². The van der Waals surface area contributed by atoms with Crippen LogP contribution in [0, 0.1) is 0 Å². The lowest BCUT2D eigenvalue weighted by atomic mass is 10.1. The quantitative estimate of drug-likeness (QED) is 0.651. The minimum Gasteiger partial charge on any atom is -0.356 e. The number of nitrogens with zero attached hydrogens (tertiary/aromatic N) is 1. The minimum absolute atomic E-state index is 0.0926. The molecule has 3 N–H and O–H groups in total. The van der Waals surface area contributed by atoms with E-state index in [9.17, 15) is 4.79 Å². The third kappa shape index (κ3) is 4.18. The molecule has 1 rings (SSSR count). The number of rotatable bonds is 6. The van der Waals surface area contributed by atoms with Crippen LogP contribution in [0.25, 0.3) is 0 Å². The lowest BCUT2D eigenvalue weighted by molar-refractivity contribution is -0.121. The highest BCUT2D eigenvalue weighted by Crippen LogP contribution is 2.09. The highest BCUT2D eigenvalue weighted by molar-refractivity contribution is 5.75. The first-order valence-corrected chi connectivity index (χ1v) is 4.99. The van der Waals surface area contributed by atoms with Gasteiger partial charge in [0.2, 0.25) is 5.91 Å². The van der Waals surface area contributed by atoms with Crippen molar-refractivity contribution in [1.29, 1.82) is 0 Å². The van der Waals surface area contributed by atoms with Crippen molar-refractivity contribution >= 4 is 12.1 Å². The fraction of sp³-hybridized carbons (Fsp3) is 0.600. The second-order valence-corrected chi connectivity index (χ2v) is 3.32. The predicted octanol–water partition coefficient (Wildman–Crippen LogP) is 0.590. The molecule has 1 aliphatic heterocycles. The molecule has 1 amide bonds. The lowest BCUT2D eigenvalue weighted by Gasteiger charge is -2.04. The van der Waals surface area contributed by atoms with Gasteiger partial charge in [-0.2, -0.15) is 0 Å². The van der Waals surface area contributed by atoms with Gasteiger partial charge in [-0.05, 0) is 25.0 Å². The highest BCUT2D eigenvalue weighted by atomic mass is 16.1. The standard InChI is InChI=1S/C10H17N3O/c11-5-1-2-10(14)13-7-4-9-3-6-12-8-9/h6,8H,1-5,7,11H2,(H,13,14). The zero-order chi connectivity index (χ0) is 10.2. The first-order valence-electron chi connectivity index (χ1n) is 4.99. The zero-order valence-corrected chi connectivity index (χ0v) is 8.33. The van der Waals surface area contributed by atoms with Crippen LogP contribution in [0.15, 0.2) is 16.8 Å². The maximum atomic E-state index is 11.2. The van der Waals surface area contributed by atoms with Gasteiger partial charge >= 0.3 is 0 Å². The van der Waals surface area contributed by atoms with Crippen molar-refractivity contribution in [2.75, 3.05) is 13.1 Å². The Morgan fingerprint density at radius 2 is 2.50 bits per heavy atom. The molecule has 0 fully saturated rings. The third-order valence-corrected chi connectivity index (χ3v) is 2.09. The van der Waals surface area contributed by atoms with E-state index in [0.717, 1.165) is 19.3 Å². The topological polar surface area (TPSA) is 67.5 Å². The Balaban J connectivity index is 2.00. The van der Waals surface area contributed by atoms with E-state index >= 15 is 0 Å². The van der Waals surface area contributed by atoms with Gasteiger partial charge in [0.15, 0.2) is 0 Å². The number of carbonyl (C=O) groups is 1. The van der Waals surface area contributed by atoms with Gasteiger partial charge in [-0.1, -0.05) is 0 Å². The molecule has 0 spiro atoms. The number of carbonyl (C=O) groups excluding carboxylic acids is 1. The molecule has 0 unspecified atom stereocenters. The van der Waals surface area contributed by atoms with E-state index in [1.54, 1.807) is 0 Å². The zero-order valence-electron chi connectivity index (χ0n) is 8.33. The molecule has 4 heteroatoms. The highest BCUT2D eigenvalue weighted by Gasteiger charge is 2.02. The van der Waals surface area contributed by atoms with Crippen molar-refractivity contribution in [3.05, 3.63) is 11.8 Å². The van der Waals surface area contributed by atoms with Crippen molar-refractivity contribution < 1.29 is 4.79 Å². The van der Waals surface area contributed by atoms with E-state index in [-0.39, 0.29) is 5.91 Å². The summed E-state index contributed by atoms with van der Waals surface area (Å²) in [5.74, 6) is 0.0926. The molecule has 4 nitrogen and oxygen atoms in total. The number of nitrogens with one attached hydrogen (secondary N) is 1. The van der Waals surface area contributed by atoms with Gasteiger partial charge in [0.05, 0.1) is 0 Å².